The molecule has 29 heavy (non-hydrogen) atoms. The Morgan fingerprint density at radius 1 is 1.07 bits per heavy atom. The summed E-state index contributed by atoms with van der Waals surface area (Å²) in [7, 11) is 0. The highest BCUT2D eigenvalue weighted by atomic mass is 16.2. The van der Waals surface area contributed by atoms with Crippen LogP contribution in [0.1, 0.15) is 23.7 Å². The lowest BCUT2D eigenvalue weighted by Gasteiger charge is -2.12. The molecule has 0 aliphatic carbocycles. The fourth-order valence-electron chi connectivity index (χ4n) is 3.18. The predicted molar refractivity (Wildman–Crippen MR) is 114 cm³/mol. The summed E-state index contributed by atoms with van der Waals surface area (Å²) in [4.78, 5) is 14.2. The first kappa shape index (κ1) is 18.5. The van der Waals surface area contributed by atoms with Gasteiger partial charge in [0.1, 0.15) is 5.69 Å². The Balaban J connectivity index is 1.42. The minimum Gasteiger partial charge on any atom is -0.307 e. The van der Waals surface area contributed by atoms with Crippen molar-refractivity contribution in [2.45, 2.75) is 13.5 Å². The van der Waals surface area contributed by atoms with E-state index in [1.165, 1.54) is 6.21 Å². The zero-order chi connectivity index (χ0) is 20.1. The van der Waals surface area contributed by atoms with E-state index in [1.54, 1.807) is 21.7 Å². The SMILES string of the molecule is CCN1C(=O)/C(=N/N=C\C=C\c2cn(Cc3ccccc3)nn2)c2ccccc21. The number of anilines is 1. The molecular formula is C22H20N6O. The number of likely N-dealkylation sites (N-methyl/N-ethyl adjacent to an activating group) is 1. The van der Waals surface area contributed by atoms with Crippen molar-refractivity contribution in [3.05, 3.63) is 83.7 Å². The van der Waals surface area contributed by atoms with Crippen LogP contribution in [0.5, 0.6) is 0 Å². The number of amides is 1. The summed E-state index contributed by atoms with van der Waals surface area (Å²) in [5.74, 6) is -0.126. The van der Waals surface area contributed by atoms with Crippen LogP contribution >= 0.6 is 0 Å². The normalized spacial score (nSPS) is 15.1. The average molecular weight is 384 g/mol. The number of hydrogen-bond acceptors (Lipinski definition) is 5. The first-order valence-electron chi connectivity index (χ1n) is 9.39. The number of aromatic nitrogens is 3. The molecule has 0 saturated carbocycles. The standard InChI is InChI=1S/C22H20N6O/c1-2-28-20-13-7-6-12-19(20)21(22(28)29)25-23-14-8-11-18-16-27(26-24-18)15-17-9-4-3-5-10-17/h3-14,16H,2,15H2,1H3/b11-8+,23-14-,25-21+. The van der Waals surface area contributed by atoms with Crippen LogP contribution in [-0.2, 0) is 11.3 Å². The molecule has 1 amide bonds. The molecule has 2 heterocycles. The molecule has 144 valence electrons. The number of carbonyl (C=O) groups is 1. The van der Waals surface area contributed by atoms with Crippen LogP contribution < -0.4 is 4.90 Å². The Morgan fingerprint density at radius 2 is 1.86 bits per heavy atom. The molecule has 0 atom stereocenters. The molecular weight excluding hydrogens is 364 g/mol. The smallest absolute Gasteiger partial charge is 0.279 e. The number of para-hydroxylation sites is 1. The number of hydrogen-bond donors (Lipinski definition) is 0. The van der Waals surface area contributed by atoms with E-state index < -0.39 is 0 Å². The lowest BCUT2D eigenvalue weighted by Crippen LogP contribution is -2.29. The highest BCUT2D eigenvalue weighted by molar-refractivity contribution is 6.54. The summed E-state index contributed by atoms with van der Waals surface area (Å²) in [6, 6.07) is 17.7. The molecule has 0 unspecified atom stereocenters. The highest BCUT2D eigenvalue weighted by Gasteiger charge is 2.32. The number of benzene rings is 2. The minimum absolute atomic E-state index is 0.126. The topological polar surface area (TPSA) is 75.7 Å². The largest absolute Gasteiger partial charge is 0.307 e. The summed E-state index contributed by atoms with van der Waals surface area (Å²) in [5, 5.41) is 16.4. The summed E-state index contributed by atoms with van der Waals surface area (Å²) in [6.07, 6.45) is 6.91. The molecule has 7 heteroatoms. The zero-order valence-electron chi connectivity index (χ0n) is 16.0. The molecule has 1 aromatic heterocycles. The number of carbonyl (C=O) groups excluding carboxylic acids is 1. The summed E-state index contributed by atoms with van der Waals surface area (Å²) in [5.41, 5.74) is 3.93. The Labute approximate surface area is 168 Å². The first-order valence-corrected chi connectivity index (χ1v) is 9.39. The molecule has 0 spiro atoms. The molecule has 1 aliphatic rings. The van der Waals surface area contributed by atoms with Gasteiger partial charge in [-0.25, -0.2) is 4.68 Å². The van der Waals surface area contributed by atoms with Crippen molar-refractivity contribution < 1.29 is 4.79 Å². The molecule has 0 fully saturated rings. The van der Waals surface area contributed by atoms with Crippen LogP contribution in [0.3, 0.4) is 0 Å². The third kappa shape index (κ3) is 4.03. The fourth-order valence-corrected chi connectivity index (χ4v) is 3.18. The first-order chi connectivity index (χ1) is 14.3. The van der Waals surface area contributed by atoms with Crippen LogP contribution in [0.2, 0.25) is 0 Å². The lowest BCUT2D eigenvalue weighted by molar-refractivity contribution is -0.112. The van der Waals surface area contributed by atoms with E-state index in [1.807, 2.05) is 67.7 Å². The molecule has 1 aliphatic heterocycles. The van der Waals surface area contributed by atoms with Crippen molar-refractivity contribution in [2.75, 3.05) is 11.4 Å². The molecule has 0 bridgehead atoms. The second-order valence-electron chi connectivity index (χ2n) is 6.47. The van der Waals surface area contributed by atoms with Crippen molar-refractivity contribution in [2.24, 2.45) is 10.2 Å². The summed E-state index contributed by atoms with van der Waals surface area (Å²) >= 11 is 0. The van der Waals surface area contributed by atoms with E-state index in [4.69, 9.17) is 0 Å². The van der Waals surface area contributed by atoms with E-state index in [9.17, 15) is 4.79 Å². The molecule has 0 saturated heterocycles. The van der Waals surface area contributed by atoms with E-state index in [2.05, 4.69) is 20.5 Å². The second kappa shape index (κ2) is 8.43. The number of allylic oxidation sites excluding steroid dienone is 1. The van der Waals surface area contributed by atoms with Crippen LogP contribution in [0.25, 0.3) is 6.08 Å². The van der Waals surface area contributed by atoms with Crippen LogP contribution in [0.15, 0.2) is 77.1 Å². The van der Waals surface area contributed by atoms with Gasteiger partial charge in [0.15, 0.2) is 5.71 Å². The third-order valence-corrected chi connectivity index (χ3v) is 4.54. The van der Waals surface area contributed by atoms with Gasteiger partial charge in [0.2, 0.25) is 0 Å². The van der Waals surface area contributed by atoms with Crippen LogP contribution in [-0.4, -0.2) is 39.4 Å². The van der Waals surface area contributed by atoms with Gasteiger partial charge in [-0.05, 0) is 30.7 Å². The van der Waals surface area contributed by atoms with Gasteiger partial charge in [0, 0.05) is 18.3 Å². The van der Waals surface area contributed by atoms with E-state index in [0.29, 0.717) is 18.8 Å². The Kier molecular flexibility index (Phi) is 5.38. The van der Waals surface area contributed by atoms with Gasteiger partial charge in [-0.3, -0.25) is 4.79 Å². The van der Waals surface area contributed by atoms with Crippen molar-refractivity contribution in [1.29, 1.82) is 0 Å². The quantitative estimate of drug-likeness (QED) is 0.484. The van der Waals surface area contributed by atoms with E-state index in [0.717, 1.165) is 22.5 Å². The third-order valence-electron chi connectivity index (χ3n) is 4.54. The van der Waals surface area contributed by atoms with Gasteiger partial charge < -0.3 is 4.90 Å². The van der Waals surface area contributed by atoms with Crippen molar-refractivity contribution in [3.8, 4) is 0 Å². The van der Waals surface area contributed by atoms with Gasteiger partial charge in [0.25, 0.3) is 5.91 Å². The predicted octanol–water partition coefficient (Wildman–Crippen LogP) is 3.18. The van der Waals surface area contributed by atoms with Gasteiger partial charge >= 0.3 is 0 Å². The Bertz CT molecular complexity index is 1100. The summed E-state index contributed by atoms with van der Waals surface area (Å²) in [6.45, 7) is 3.20. The van der Waals surface area contributed by atoms with Crippen LogP contribution in [0, 0.1) is 0 Å². The maximum absolute atomic E-state index is 12.5. The monoisotopic (exact) mass is 384 g/mol. The van der Waals surface area contributed by atoms with Crippen molar-refractivity contribution >= 4 is 29.6 Å². The Hall–Kier alpha value is -3.87. The van der Waals surface area contributed by atoms with Crippen LogP contribution in [0.4, 0.5) is 5.69 Å². The second-order valence-corrected chi connectivity index (χ2v) is 6.47. The molecule has 2 aromatic carbocycles. The Morgan fingerprint density at radius 3 is 2.69 bits per heavy atom. The van der Waals surface area contributed by atoms with E-state index in [-0.39, 0.29) is 5.91 Å². The van der Waals surface area contributed by atoms with E-state index >= 15 is 0 Å². The molecule has 0 radical (unpaired) electrons. The molecule has 3 aromatic rings. The zero-order valence-corrected chi connectivity index (χ0v) is 16.0. The number of fused-ring (bicyclic) bond motifs is 1. The number of rotatable bonds is 6. The van der Waals surface area contributed by atoms with Gasteiger partial charge in [0.05, 0.1) is 18.4 Å². The maximum atomic E-state index is 12.5. The van der Waals surface area contributed by atoms with Gasteiger partial charge in [-0.2, -0.15) is 5.10 Å². The van der Waals surface area contributed by atoms with Crippen molar-refractivity contribution in [3.63, 3.8) is 0 Å². The lowest BCUT2D eigenvalue weighted by atomic mass is 10.1. The average Bonchev–Trinajstić information content (AvgIpc) is 3.30. The molecule has 0 N–H and O–H groups in total. The fraction of sp³-hybridized carbons (Fsp3) is 0.136. The van der Waals surface area contributed by atoms with Crippen molar-refractivity contribution in [1.82, 2.24) is 15.0 Å². The molecule has 4 rings (SSSR count). The van der Waals surface area contributed by atoms with Gasteiger partial charge in [-0.1, -0.05) is 53.7 Å². The molecule has 7 nitrogen and oxygen atoms in total. The maximum Gasteiger partial charge on any atom is 0.279 e. The number of nitrogens with zero attached hydrogens (tertiary/aromatic N) is 6. The van der Waals surface area contributed by atoms with Gasteiger partial charge in [-0.15, -0.1) is 10.2 Å². The minimum atomic E-state index is -0.126. The summed E-state index contributed by atoms with van der Waals surface area (Å²) < 4.78 is 1.78. The highest BCUT2D eigenvalue weighted by Crippen LogP contribution is 2.28.